The second-order valence-corrected chi connectivity index (χ2v) is 4.85. The lowest BCUT2D eigenvalue weighted by Gasteiger charge is -2.09. The summed E-state index contributed by atoms with van der Waals surface area (Å²) in [6.07, 6.45) is -0.120. The highest BCUT2D eigenvalue weighted by Crippen LogP contribution is 2.28. The van der Waals surface area contributed by atoms with E-state index in [9.17, 15) is 4.79 Å². The van der Waals surface area contributed by atoms with E-state index >= 15 is 0 Å². The largest absolute Gasteiger partial charge is 0.324 e. The van der Waals surface area contributed by atoms with E-state index in [1.165, 1.54) is 0 Å². The number of anilines is 1. The SMILES string of the molecule is Cc1c(Br)ccc(NC(=O)CC#N)c1I. The van der Waals surface area contributed by atoms with Gasteiger partial charge in [-0.15, -0.1) is 0 Å². The van der Waals surface area contributed by atoms with Gasteiger partial charge >= 0.3 is 0 Å². The lowest BCUT2D eigenvalue weighted by Crippen LogP contribution is -2.11. The maximum absolute atomic E-state index is 11.2. The minimum Gasteiger partial charge on any atom is -0.324 e. The van der Waals surface area contributed by atoms with E-state index in [0.717, 1.165) is 19.3 Å². The zero-order valence-electron chi connectivity index (χ0n) is 7.97. The van der Waals surface area contributed by atoms with Gasteiger partial charge in [-0.3, -0.25) is 4.79 Å². The van der Waals surface area contributed by atoms with Gasteiger partial charge in [-0.25, -0.2) is 0 Å². The standard InChI is InChI=1S/C10H8BrIN2O/c1-6-7(11)2-3-8(10(6)12)14-9(15)4-5-13/h2-3H,4H2,1H3,(H,14,15). The third-order valence-electron chi connectivity index (χ3n) is 1.83. The molecule has 0 saturated carbocycles. The van der Waals surface area contributed by atoms with Gasteiger partial charge in [0, 0.05) is 8.04 Å². The topological polar surface area (TPSA) is 52.9 Å². The third kappa shape index (κ3) is 3.18. The number of halogens is 2. The Morgan fingerprint density at radius 2 is 2.33 bits per heavy atom. The molecule has 0 bridgehead atoms. The molecule has 0 aliphatic carbocycles. The average Bonchev–Trinajstić information content (AvgIpc) is 2.20. The number of carbonyl (C=O) groups excluding carboxylic acids is 1. The van der Waals surface area contributed by atoms with Gasteiger partial charge in [0.1, 0.15) is 6.42 Å². The van der Waals surface area contributed by atoms with Crippen LogP contribution in [0, 0.1) is 21.8 Å². The summed E-state index contributed by atoms with van der Waals surface area (Å²) in [7, 11) is 0. The summed E-state index contributed by atoms with van der Waals surface area (Å²) in [5.41, 5.74) is 1.82. The molecule has 1 aromatic carbocycles. The molecule has 0 radical (unpaired) electrons. The van der Waals surface area contributed by atoms with E-state index in [1.54, 1.807) is 0 Å². The summed E-state index contributed by atoms with van der Waals surface area (Å²) in [6.45, 7) is 1.96. The number of hydrogen-bond acceptors (Lipinski definition) is 2. The summed E-state index contributed by atoms with van der Waals surface area (Å²) >= 11 is 5.57. The van der Waals surface area contributed by atoms with Crippen molar-refractivity contribution in [1.29, 1.82) is 5.26 Å². The van der Waals surface area contributed by atoms with E-state index in [4.69, 9.17) is 5.26 Å². The molecule has 0 aliphatic rings. The summed E-state index contributed by atoms with van der Waals surface area (Å²) in [5.74, 6) is -0.280. The second kappa shape index (κ2) is 5.47. The molecule has 78 valence electrons. The number of hydrogen-bond donors (Lipinski definition) is 1. The first-order valence-electron chi connectivity index (χ1n) is 4.17. The smallest absolute Gasteiger partial charge is 0.238 e. The number of rotatable bonds is 2. The van der Waals surface area contributed by atoms with Crippen molar-refractivity contribution in [3.8, 4) is 6.07 Å². The molecule has 1 aromatic rings. The Morgan fingerprint density at radius 1 is 1.67 bits per heavy atom. The highest BCUT2D eigenvalue weighted by Gasteiger charge is 2.08. The molecule has 0 aromatic heterocycles. The Labute approximate surface area is 110 Å². The van der Waals surface area contributed by atoms with E-state index in [-0.39, 0.29) is 12.3 Å². The predicted octanol–water partition coefficient (Wildman–Crippen LogP) is 3.21. The fourth-order valence-electron chi connectivity index (χ4n) is 1.02. The first kappa shape index (κ1) is 12.5. The van der Waals surface area contributed by atoms with Gasteiger partial charge in [-0.2, -0.15) is 5.26 Å². The molecule has 0 atom stereocenters. The van der Waals surface area contributed by atoms with Crippen LogP contribution in [-0.4, -0.2) is 5.91 Å². The Hall–Kier alpha value is -0.610. The Morgan fingerprint density at radius 3 is 2.93 bits per heavy atom. The first-order valence-corrected chi connectivity index (χ1v) is 6.05. The Bertz CT molecular complexity index is 440. The number of nitriles is 1. The molecule has 0 fully saturated rings. The molecule has 1 amide bonds. The van der Waals surface area contributed by atoms with Gasteiger partial charge in [0.05, 0.1) is 11.8 Å². The van der Waals surface area contributed by atoms with Gasteiger partial charge < -0.3 is 5.32 Å². The summed E-state index contributed by atoms with van der Waals surface area (Å²) in [4.78, 5) is 11.2. The van der Waals surface area contributed by atoms with Crippen LogP contribution in [0.4, 0.5) is 5.69 Å². The van der Waals surface area contributed by atoms with Crippen molar-refractivity contribution in [2.24, 2.45) is 0 Å². The normalized spacial score (nSPS) is 9.47. The van der Waals surface area contributed by atoms with Crippen molar-refractivity contribution in [2.45, 2.75) is 13.3 Å². The monoisotopic (exact) mass is 378 g/mol. The van der Waals surface area contributed by atoms with Crippen molar-refractivity contribution in [3.63, 3.8) is 0 Å². The molecule has 0 aliphatic heterocycles. The third-order valence-corrected chi connectivity index (χ3v) is 4.08. The molecular weight excluding hydrogens is 371 g/mol. The minimum absolute atomic E-state index is 0.120. The van der Waals surface area contributed by atoms with Gasteiger partial charge in [-0.1, -0.05) is 15.9 Å². The summed E-state index contributed by atoms with van der Waals surface area (Å²) in [6, 6.07) is 5.50. The van der Waals surface area contributed by atoms with Crippen LogP contribution in [-0.2, 0) is 4.79 Å². The van der Waals surface area contributed by atoms with Crippen LogP contribution in [0.3, 0.4) is 0 Å². The number of nitrogens with zero attached hydrogens (tertiary/aromatic N) is 1. The van der Waals surface area contributed by atoms with E-state index in [2.05, 4.69) is 43.8 Å². The lowest BCUT2D eigenvalue weighted by molar-refractivity contribution is -0.115. The highest BCUT2D eigenvalue weighted by atomic mass is 127. The zero-order valence-corrected chi connectivity index (χ0v) is 11.7. The first-order chi connectivity index (χ1) is 7.06. The molecule has 1 N–H and O–H groups in total. The highest BCUT2D eigenvalue weighted by molar-refractivity contribution is 14.1. The number of carbonyl (C=O) groups is 1. The maximum atomic E-state index is 11.2. The molecule has 0 spiro atoms. The lowest BCUT2D eigenvalue weighted by atomic mass is 10.2. The Balaban J connectivity index is 2.93. The molecule has 0 heterocycles. The van der Waals surface area contributed by atoms with Crippen LogP contribution in [0.2, 0.25) is 0 Å². The minimum atomic E-state index is -0.280. The fourth-order valence-corrected chi connectivity index (χ4v) is 2.33. The quantitative estimate of drug-likeness (QED) is 0.803. The molecule has 1 rings (SSSR count). The number of amides is 1. The molecule has 15 heavy (non-hydrogen) atoms. The molecule has 3 nitrogen and oxygen atoms in total. The van der Waals surface area contributed by atoms with E-state index in [0.29, 0.717) is 0 Å². The van der Waals surface area contributed by atoms with Crippen molar-refractivity contribution < 1.29 is 4.79 Å². The average molecular weight is 379 g/mol. The van der Waals surface area contributed by atoms with E-state index in [1.807, 2.05) is 25.1 Å². The van der Waals surface area contributed by atoms with Crippen molar-refractivity contribution in [1.82, 2.24) is 0 Å². The number of benzene rings is 1. The van der Waals surface area contributed by atoms with E-state index < -0.39 is 0 Å². The van der Waals surface area contributed by atoms with Gasteiger partial charge in [0.25, 0.3) is 0 Å². The maximum Gasteiger partial charge on any atom is 0.238 e. The fraction of sp³-hybridized carbons (Fsp3) is 0.200. The van der Waals surface area contributed by atoms with Crippen molar-refractivity contribution in [3.05, 3.63) is 25.7 Å². The van der Waals surface area contributed by atoms with Gasteiger partial charge in [0.15, 0.2) is 0 Å². The van der Waals surface area contributed by atoms with Gasteiger partial charge in [-0.05, 0) is 47.2 Å². The van der Waals surface area contributed by atoms with Crippen LogP contribution < -0.4 is 5.32 Å². The zero-order chi connectivity index (χ0) is 11.4. The second-order valence-electron chi connectivity index (χ2n) is 2.92. The Kier molecular flexibility index (Phi) is 4.54. The summed E-state index contributed by atoms with van der Waals surface area (Å²) < 4.78 is 1.98. The molecule has 5 heteroatoms. The molecular formula is C10H8BrIN2O. The molecule has 0 unspecified atom stereocenters. The summed E-state index contributed by atoms with van der Waals surface area (Å²) in [5, 5.41) is 11.1. The molecule has 0 saturated heterocycles. The predicted molar refractivity (Wildman–Crippen MR) is 70.5 cm³/mol. The van der Waals surface area contributed by atoms with Crippen LogP contribution in [0.5, 0.6) is 0 Å². The van der Waals surface area contributed by atoms with Crippen LogP contribution in [0.15, 0.2) is 16.6 Å². The van der Waals surface area contributed by atoms with Crippen LogP contribution in [0.1, 0.15) is 12.0 Å². The van der Waals surface area contributed by atoms with Crippen molar-refractivity contribution in [2.75, 3.05) is 5.32 Å². The van der Waals surface area contributed by atoms with Crippen LogP contribution >= 0.6 is 38.5 Å². The number of nitrogens with one attached hydrogen (secondary N) is 1. The van der Waals surface area contributed by atoms with Crippen LogP contribution in [0.25, 0.3) is 0 Å². The van der Waals surface area contributed by atoms with Gasteiger partial charge in [0.2, 0.25) is 5.91 Å². The van der Waals surface area contributed by atoms with Crippen molar-refractivity contribution >= 4 is 50.1 Å².